The van der Waals surface area contributed by atoms with Crippen LogP contribution in [0.5, 0.6) is 0 Å². The molecule has 1 heterocycles. The average Bonchev–Trinajstić information content (AvgIpc) is 2.97. The first-order valence-corrected chi connectivity index (χ1v) is 9.56. The first kappa shape index (κ1) is 18.5. The number of nitrogens with one attached hydrogen (secondary N) is 1. The summed E-state index contributed by atoms with van der Waals surface area (Å²) in [5, 5.41) is 4.70. The zero-order chi connectivity index (χ0) is 18.5. The molecule has 0 saturated heterocycles. The fourth-order valence-electron chi connectivity index (χ4n) is 2.14. The van der Waals surface area contributed by atoms with Crippen molar-refractivity contribution >= 4 is 39.8 Å². The molecule has 26 heavy (non-hydrogen) atoms. The Morgan fingerprint density at radius 3 is 2.35 bits per heavy atom. The van der Waals surface area contributed by atoms with Crippen LogP contribution in [0, 0.1) is 13.8 Å². The Balaban J connectivity index is 1.63. The Morgan fingerprint density at radius 1 is 1.08 bits per heavy atom. The molecule has 132 valence electrons. The quantitative estimate of drug-likeness (QED) is 0.426. The smallest absolute Gasteiger partial charge is 0.271 e. The average molecular weight is 429 g/mol. The van der Waals surface area contributed by atoms with Crippen LogP contribution in [-0.4, -0.2) is 12.1 Å². The first-order valence-electron chi connectivity index (χ1n) is 7.95. The Bertz CT molecular complexity index is 931. The third-order valence-corrected chi connectivity index (χ3v) is 5.43. The van der Waals surface area contributed by atoms with Crippen molar-refractivity contribution in [2.45, 2.75) is 23.8 Å². The molecule has 0 bridgehead atoms. The number of hydrogen-bond acceptors (Lipinski definition) is 4. The zero-order valence-electron chi connectivity index (χ0n) is 14.3. The molecular formula is C20H17BrN2O2S. The molecule has 0 fully saturated rings. The largest absolute Gasteiger partial charge is 0.447 e. The Hall–Kier alpha value is -2.31. The molecule has 0 radical (unpaired) electrons. The lowest BCUT2D eigenvalue weighted by molar-refractivity contribution is 0.0955. The van der Waals surface area contributed by atoms with Gasteiger partial charge < -0.3 is 4.42 Å². The van der Waals surface area contributed by atoms with Gasteiger partial charge >= 0.3 is 0 Å². The normalized spacial score (nSPS) is 11.0. The molecule has 2 aromatic carbocycles. The summed E-state index contributed by atoms with van der Waals surface area (Å²) in [7, 11) is 0. The number of amides is 1. The van der Waals surface area contributed by atoms with Gasteiger partial charge in [0.2, 0.25) is 0 Å². The highest BCUT2D eigenvalue weighted by atomic mass is 79.9. The van der Waals surface area contributed by atoms with Crippen molar-refractivity contribution in [1.82, 2.24) is 5.43 Å². The minimum absolute atomic E-state index is 0.263. The molecular weight excluding hydrogens is 412 g/mol. The maximum atomic E-state index is 12.0. The van der Waals surface area contributed by atoms with E-state index in [1.54, 1.807) is 12.1 Å². The molecule has 4 nitrogen and oxygen atoms in total. The van der Waals surface area contributed by atoms with Crippen molar-refractivity contribution in [2.75, 3.05) is 0 Å². The van der Waals surface area contributed by atoms with E-state index in [4.69, 9.17) is 4.42 Å². The van der Waals surface area contributed by atoms with Gasteiger partial charge in [0.25, 0.3) is 5.91 Å². The Labute approximate surface area is 164 Å². The van der Waals surface area contributed by atoms with Gasteiger partial charge in [-0.25, -0.2) is 5.43 Å². The molecule has 3 rings (SSSR count). The molecule has 1 N–H and O–H groups in total. The molecule has 3 aromatic rings. The van der Waals surface area contributed by atoms with E-state index in [9.17, 15) is 4.79 Å². The van der Waals surface area contributed by atoms with E-state index in [1.165, 1.54) is 23.5 Å². The summed E-state index contributed by atoms with van der Waals surface area (Å²) in [5.41, 5.74) is 5.37. The highest BCUT2D eigenvalue weighted by Crippen LogP contribution is 2.35. The van der Waals surface area contributed by atoms with Gasteiger partial charge in [0.05, 0.1) is 10.7 Å². The summed E-state index contributed by atoms with van der Waals surface area (Å²) >= 11 is 5.01. The molecule has 0 atom stereocenters. The Morgan fingerprint density at radius 2 is 1.69 bits per heavy atom. The number of carbonyl (C=O) groups is 1. The van der Waals surface area contributed by atoms with Crippen LogP contribution in [0.4, 0.5) is 0 Å². The minimum atomic E-state index is -0.263. The van der Waals surface area contributed by atoms with Crippen LogP contribution in [0.25, 0.3) is 0 Å². The lowest BCUT2D eigenvalue weighted by Gasteiger charge is -2.00. The minimum Gasteiger partial charge on any atom is -0.447 e. The van der Waals surface area contributed by atoms with E-state index >= 15 is 0 Å². The van der Waals surface area contributed by atoms with Gasteiger partial charge in [-0.1, -0.05) is 47.2 Å². The van der Waals surface area contributed by atoms with E-state index in [-0.39, 0.29) is 5.91 Å². The zero-order valence-corrected chi connectivity index (χ0v) is 16.7. The van der Waals surface area contributed by atoms with Crippen LogP contribution in [0.2, 0.25) is 0 Å². The SMILES string of the molecule is Cc1ccc(Sc2oc(/C=N\NC(=O)c3ccc(C)cc3)cc2Br)cc1. The topological polar surface area (TPSA) is 54.6 Å². The van der Waals surface area contributed by atoms with Gasteiger partial charge in [-0.15, -0.1) is 0 Å². The van der Waals surface area contributed by atoms with Crippen LogP contribution < -0.4 is 5.43 Å². The van der Waals surface area contributed by atoms with Crippen LogP contribution >= 0.6 is 27.7 Å². The predicted octanol–water partition coefficient (Wildman–Crippen LogP) is 5.57. The maximum Gasteiger partial charge on any atom is 0.271 e. The number of nitrogens with zero attached hydrogens (tertiary/aromatic N) is 1. The standard InChI is InChI=1S/C20H17BrN2O2S/c1-13-3-7-15(8-4-13)19(24)23-22-12-16-11-18(21)20(25-16)26-17-9-5-14(2)6-10-17/h3-12H,1-2H3,(H,23,24)/b22-12-. The number of hydrazone groups is 1. The summed E-state index contributed by atoms with van der Waals surface area (Å²) in [6.45, 7) is 4.03. The lowest BCUT2D eigenvalue weighted by atomic mass is 10.1. The number of carbonyl (C=O) groups excluding carboxylic acids is 1. The van der Waals surface area contributed by atoms with Crippen molar-refractivity contribution < 1.29 is 9.21 Å². The van der Waals surface area contributed by atoms with Gasteiger partial charge in [-0.2, -0.15) is 5.10 Å². The van der Waals surface area contributed by atoms with Crippen molar-refractivity contribution in [2.24, 2.45) is 5.10 Å². The lowest BCUT2D eigenvalue weighted by Crippen LogP contribution is -2.17. The fourth-order valence-corrected chi connectivity index (χ4v) is 3.47. The molecule has 6 heteroatoms. The molecule has 0 aliphatic rings. The number of hydrogen-bond donors (Lipinski definition) is 1. The van der Waals surface area contributed by atoms with E-state index in [0.717, 1.165) is 20.0 Å². The van der Waals surface area contributed by atoms with Crippen LogP contribution in [0.15, 0.2) is 78.6 Å². The predicted molar refractivity (Wildman–Crippen MR) is 108 cm³/mol. The molecule has 0 unspecified atom stereocenters. The molecule has 1 aromatic heterocycles. The summed E-state index contributed by atoms with van der Waals surface area (Å²) < 4.78 is 6.61. The maximum absolute atomic E-state index is 12.0. The van der Waals surface area contributed by atoms with Crippen LogP contribution in [0.1, 0.15) is 27.2 Å². The summed E-state index contributed by atoms with van der Waals surface area (Å²) in [6.07, 6.45) is 1.48. The summed E-state index contributed by atoms with van der Waals surface area (Å²) in [6, 6.07) is 17.3. The van der Waals surface area contributed by atoms with E-state index in [2.05, 4.69) is 45.5 Å². The molecule has 0 spiro atoms. The second-order valence-electron chi connectivity index (χ2n) is 5.76. The van der Waals surface area contributed by atoms with Crippen molar-refractivity contribution in [1.29, 1.82) is 0 Å². The Kier molecular flexibility index (Phi) is 5.96. The van der Waals surface area contributed by atoms with E-state index in [0.29, 0.717) is 11.3 Å². The number of halogens is 1. The molecule has 1 amide bonds. The van der Waals surface area contributed by atoms with Gasteiger partial charge in [-0.05, 0) is 54.0 Å². The number of rotatable bonds is 5. The van der Waals surface area contributed by atoms with Gasteiger partial charge in [0.15, 0.2) is 5.09 Å². The van der Waals surface area contributed by atoms with Crippen LogP contribution in [0.3, 0.4) is 0 Å². The van der Waals surface area contributed by atoms with Gasteiger partial charge in [0.1, 0.15) is 5.76 Å². The fraction of sp³-hybridized carbons (Fsp3) is 0.100. The third kappa shape index (κ3) is 4.86. The molecule has 0 aliphatic carbocycles. The second kappa shape index (κ2) is 8.38. The van der Waals surface area contributed by atoms with Crippen molar-refractivity contribution in [3.05, 3.63) is 81.5 Å². The first-order chi connectivity index (χ1) is 12.5. The van der Waals surface area contributed by atoms with Crippen LogP contribution in [-0.2, 0) is 0 Å². The number of benzene rings is 2. The second-order valence-corrected chi connectivity index (χ2v) is 7.67. The van der Waals surface area contributed by atoms with Crippen molar-refractivity contribution in [3.63, 3.8) is 0 Å². The third-order valence-electron chi connectivity index (χ3n) is 3.58. The van der Waals surface area contributed by atoms with Crippen molar-refractivity contribution in [3.8, 4) is 0 Å². The number of furan rings is 1. The molecule has 0 saturated carbocycles. The summed E-state index contributed by atoms with van der Waals surface area (Å²) in [4.78, 5) is 13.1. The monoisotopic (exact) mass is 428 g/mol. The van der Waals surface area contributed by atoms with E-state index in [1.807, 2.05) is 37.3 Å². The molecule has 0 aliphatic heterocycles. The van der Waals surface area contributed by atoms with Gasteiger partial charge in [-0.3, -0.25) is 4.79 Å². The van der Waals surface area contributed by atoms with E-state index < -0.39 is 0 Å². The number of aryl methyl sites for hydroxylation is 2. The summed E-state index contributed by atoms with van der Waals surface area (Å²) in [5.74, 6) is 0.289. The highest BCUT2D eigenvalue weighted by Gasteiger charge is 2.10. The van der Waals surface area contributed by atoms with Gasteiger partial charge in [0, 0.05) is 16.5 Å². The highest BCUT2D eigenvalue weighted by molar-refractivity contribution is 9.10.